The molecule has 0 saturated heterocycles. The number of para-hydroxylation sites is 1. The third-order valence-corrected chi connectivity index (χ3v) is 10.7. The van der Waals surface area contributed by atoms with Gasteiger partial charge in [0.1, 0.15) is 11.2 Å². The average molecular weight is 702 g/mol. The highest BCUT2D eigenvalue weighted by Crippen LogP contribution is 2.42. The highest BCUT2D eigenvalue weighted by atomic mass is 16.3. The van der Waals surface area contributed by atoms with Gasteiger partial charge in [0.15, 0.2) is 17.5 Å². The van der Waals surface area contributed by atoms with Crippen LogP contribution in [0.1, 0.15) is 0 Å². The van der Waals surface area contributed by atoms with Gasteiger partial charge in [0.25, 0.3) is 0 Å². The molecule has 2 heterocycles. The van der Waals surface area contributed by atoms with Crippen LogP contribution in [0.25, 0.3) is 111 Å². The number of rotatable bonds is 5. The maximum absolute atomic E-state index is 6.56. The molecule has 0 saturated carbocycles. The second-order valence-electron chi connectivity index (χ2n) is 14.0. The number of fused-ring (bicyclic) bond motifs is 9. The summed E-state index contributed by atoms with van der Waals surface area (Å²) in [5.74, 6) is 1.94. The van der Waals surface area contributed by atoms with Crippen LogP contribution < -0.4 is 0 Å². The third kappa shape index (κ3) is 5.26. The van der Waals surface area contributed by atoms with E-state index in [-0.39, 0.29) is 0 Å². The average Bonchev–Trinajstić information content (AvgIpc) is 3.65. The topological polar surface area (TPSA) is 51.8 Å². The quantitative estimate of drug-likeness (QED) is 0.168. The number of hydrogen-bond acceptors (Lipinski definition) is 4. The Labute approximate surface area is 317 Å². The number of benzene rings is 9. The molecular weight excluding hydrogens is 671 g/mol. The molecule has 0 bridgehead atoms. The Bertz CT molecular complexity index is 3180. The van der Waals surface area contributed by atoms with E-state index in [1.54, 1.807) is 0 Å². The molecule has 0 aliphatic rings. The number of nitrogens with zero attached hydrogens (tertiary/aromatic N) is 3. The molecule has 4 heteroatoms. The molecule has 0 radical (unpaired) electrons. The van der Waals surface area contributed by atoms with E-state index in [1.165, 1.54) is 32.5 Å². The van der Waals surface area contributed by atoms with Gasteiger partial charge in [-0.1, -0.05) is 170 Å². The van der Waals surface area contributed by atoms with Crippen molar-refractivity contribution in [3.8, 4) is 56.4 Å². The maximum atomic E-state index is 6.56. The molecule has 0 fully saturated rings. The summed E-state index contributed by atoms with van der Waals surface area (Å²) in [6.45, 7) is 0. The zero-order valence-electron chi connectivity index (χ0n) is 29.6. The summed E-state index contributed by atoms with van der Waals surface area (Å²) in [7, 11) is 0. The van der Waals surface area contributed by atoms with Gasteiger partial charge in [-0.25, -0.2) is 15.0 Å². The zero-order valence-corrected chi connectivity index (χ0v) is 29.6. The van der Waals surface area contributed by atoms with Crippen molar-refractivity contribution in [3.63, 3.8) is 0 Å². The molecule has 0 atom stereocenters. The summed E-state index contributed by atoms with van der Waals surface area (Å²) < 4.78 is 6.56. The van der Waals surface area contributed by atoms with Gasteiger partial charge in [0.05, 0.1) is 0 Å². The Morgan fingerprint density at radius 1 is 0.309 bits per heavy atom. The van der Waals surface area contributed by atoms with Gasteiger partial charge in [-0.3, -0.25) is 0 Å². The van der Waals surface area contributed by atoms with Gasteiger partial charge < -0.3 is 4.42 Å². The molecule has 0 N–H and O–H groups in total. The van der Waals surface area contributed by atoms with Crippen molar-refractivity contribution in [2.45, 2.75) is 0 Å². The van der Waals surface area contributed by atoms with E-state index in [9.17, 15) is 0 Å². The maximum Gasteiger partial charge on any atom is 0.164 e. The van der Waals surface area contributed by atoms with Gasteiger partial charge in [0.2, 0.25) is 0 Å². The van der Waals surface area contributed by atoms with E-state index in [2.05, 4.69) is 121 Å². The van der Waals surface area contributed by atoms with Crippen molar-refractivity contribution in [2.75, 3.05) is 0 Å². The molecule has 0 spiro atoms. The van der Waals surface area contributed by atoms with E-state index in [0.717, 1.165) is 60.7 Å². The predicted octanol–water partition coefficient (Wildman–Crippen LogP) is 13.6. The van der Waals surface area contributed by atoms with Crippen molar-refractivity contribution in [1.29, 1.82) is 0 Å². The van der Waals surface area contributed by atoms with Crippen molar-refractivity contribution in [2.24, 2.45) is 0 Å². The minimum absolute atomic E-state index is 0.641. The van der Waals surface area contributed by atoms with E-state index >= 15 is 0 Å². The number of aromatic nitrogens is 3. The van der Waals surface area contributed by atoms with E-state index in [0.29, 0.717) is 17.5 Å². The molecule has 55 heavy (non-hydrogen) atoms. The molecule has 0 amide bonds. The lowest BCUT2D eigenvalue weighted by atomic mass is 9.90. The minimum atomic E-state index is 0.641. The third-order valence-electron chi connectivity index (χ3n) is 10.7. The Morgan fingerprint density at radius 3 is 1.45 bits per heavy atom. The summed E-state index contributed by atoms with van der Waals surface area (Å²) in [5, 5.41) is 9.45. The second kappa shape index (κ2) is 12.6. The molecule has 0 aliphatic carbocycles. The second-order valence-corrected chi connectivity index (χ2v) is 14.0. The van der Waals surface area contributed by atoms with Crippen LogP contribution in [-0.4, -0.2) is 15.0 Å². The fourth-order valence-corrected chi connectivity index (χ4v) is 8.04. The highest BCUT2D eigenvalue weighted by Gasteiger charge is 2.16. The van der Waals surface area contributed by atoms with Crippen LogP contribution in [-0.2, 0) is 0 Å². The van der Waals surface area contributed by atoms with Crippen LogP contribution in [0.3, 0.4) is 0 Å². The molecule has 4 nitrogen and oxygen atoms in total. The first-order chi connectivity index (χ1) is 27.2. The summed E-state index contributed by atoms with van der Waals surface area (Å²) in [6, 6.07) is 65.8. The lowest BCUT2D eigenvalue weighted by Gasteiger charge is -2.13. The monoisotopic (exact) mass is 701 g/mol. The van der Waals surface area contributed by atoms with Gasteiger partial charge in [-0.15, -0.1) is 0 Å². The summed E-state index contributed by atoms with van der Waals surface area (Å²) >= 11 is 0. The SMILES string of the molecule is c1ccc(-c2nc(-c3ccccc3)nc(-c3ccc(-c4ccccc4-c4ccc5c(ccc6ccc7ccc8c9ccccc9oc8c7c65)c4)cc3)n2)cc1. The zero-order chi connectivity index (χ0) is 36.3. The van der Waals surface area contributed by atoms with Crippen LogP contribution >= 0.6 is 0 Å². The fraction of sp³-hybridized carbons (Fsp3) is 0. The standard InChI is InChI=1S/C51H31N3O/c1-3-11-35(12-4-1)49-52-50(36-13-5-2-6-14-36)54-51(53-49)37-24-19-32(20-25-37)40-15-7-8-16-41(40)38-28-29-42-39(31-38)26-23-33-21-22-34-27-30-44-43-17-9-10-18-45(43)55-48(44)47(34)46(33)42/h1-31H. The van der Waals surface area contributed by atoms with Gasteiger partial charge in [0, 0.05) is 38.2 Å². The van der Waals surface area contributed by atoms with E-state index < -0.39 is 0 Å². The normalized spacial score (nSPS) is 11.6. The molecule has 0 aliphatic heterocycles. The van der Waals surface area contributed by atoms with Gasteiger partial charge in [-0.05, 0) is 62.0 Å². The first-order valence-corrected chi connectivity index (χ1v) is 18.5. The molecule has 2 aromatic heterocycles. The first-order valence-electron chi connectivity index (χ1n) is 18.5. The summed E-state index contributed by atoms with van der Waals surface area (Å²) in [6.07, 6.45) is 0. The highest BCUT2D eigenvalue weighted by molar-refractivity contribution is 6.28. The number of furan rings is 1. The lowest BCUT2D eigenvalue weighted by Crippen LogP contribution is -2.00. The van der Waals surface area contributed by atoms with Crippen molar-refractivity contribution >= 4 is 54.3 Å². The molecule has 11 aromatic rings. The summed E-state index contributed by atoms with van der Waals surface area (Å²) in [4.78, 5) is 14.7. The first kappa shape index (κ1) is 31.1. The van der Waals surface area contributed by atoms with Crippen LogP contribution in [0.4, 0.5) is 0 Å². The minimum Gasteiger partial charge on any atom is -0.455 e. The smallest absolute Gasteiger partial charge is 0.164 e. The fourth-order valence-electron chi connectivity index (χ4n) is 8.04. The largest absolute Gasteiger partial charge is 0.455 e. The van der Waals surface area contributed by atoms with Gasteiger partial charge in [-0.2, -0.15) is 0 Å². The van der Waals surface area contributed by atoms with Crippen LogP contribution in [0.5, 0.6) is 0 Å². The van der Waals surface area contributed by atoms with Crippen LogP contribution in [0.15, 0.2) is 192 Å². The molecule has 0 unspecified atom stereocenters. The molecule has 256 valence electrons. The Hall–Kier alpha value is -7.43. The van der Waals surface area contributed by atoms with Crippen molar-refractivity contribution in [1.82, 2.24) is 15.0 Å². The lowest BCUT2D eigenvalue weighted by molar-refractivity contribution is 0.673. The van der Waals surface area contributed by atoms with Crippen molar-refractivity contribution in [3.05, 3.63) is 188 Å². The van der Waals surface area contributed by atoms with Crippen LogP contribution in [0.2, 0.25) is 0 Å². The molecule has 9 aromatic carbocycles. The predicted molar refractivity (Wildman–Crippen MR) is 227 cm³/mol. The number of hydrogen-bond donors (Lipinski definition) is 0. The Morgan fingerprint density at radius 2 is 0.782 bits per heavy atom. The van der Waals surface area contributed by atoms with E-state index in [4.69, 9.17) is 19.4 Å². The van der Waals surface area contributed by atoms with Crippen LogP contribution in [0, 0.1) is 0 Å². The molecular formula is C51H31N3O. The van der Waals surface area contributed by atoms with E-state index in [1.807, 2.05) is 66.7 Å². The van der Waals surface area contributed by atoms with Gasteiger partial charge >= 0.3 is 0 Å². The summed E-state index contributed by atoms with van der Waals surface area (Å²) in [5.41, 5.74) is 9.32. The Balaban J connectivity index is 1.01. The molecule has 11 rings (SSSR count). The Kier molecular flexibility index (Phi) is 7.14. The van der Waals surface area contributed by atoms with Crippen molar-refractivity contribution < 1.29 is 4.42 Å².